The van der Waals surface area contributed by atoms with Gasteiger partial charge in [0.05, 0.1) is 4.92 Å². The van der Waals surface area contributed by atoms with Gasteiger partial charge >= 0.3 is 5.97 Å². The lowest BCUT2D eigenvalue weighted by molar-refractivity contribution is -0.385. The van der Waals surface area contributed by atoms with Crippen molar-refractivity contribution in [2.75, 3.05) is 6.54 Å². The van der Waals surface area contributed by atoms with Crippen LogP contribution in [0.3, 0.4) is 0 Å². The molecule has 0 saturated heterocycles. The predicted octanol–water partition coefficient (Wildman–Crippen LogP) is 3.37. The first kappa shape index (κ1) is 19.6. The number of nitro benzene ring substituents is 1. The first-order chi connectivity index (χ1) is 11.3. The first-order valence-corrected chi connectivity index (χ1v) is 8.08. The molecule has 1 aromatic rings. The molecular formula is C17H24N2O5. The number of aliphatic carboxylic acids is 1. The number of carbonyl (C=O) groups is 2. The maximum Gasteiger partial charge on any atom is 0.303 e. The molecule has 2 N–H and O–H groups in total. The van der Waals surface area contributed by atoms with Gasteiger partial charge in [0.1, 0.15) is 0 Å². The van der Waals surface area contributed by atoms with Crippen LogP contribution in [0.1, 0.15) is 60.0 Å². The first-order valence-electron chi connectivity index (χ1n) is 8.08. The molecule has 1 amide bonds. The van der Waals surface area contributed by atoms with Crippen molar-refractivity contribution in [2.24, 2.45) is 0 Å². The smallest absolute Gasteiger partial charge is 0.303 e. The lowest BCUT2D eigenvalue weighted by Gasteiger charge is -2.09. The third-order valence-electron chi connectivity index (χ3n) is 3.84. The summed E-state index contributed by atoms with van der Waals surface area (Å²) in [5.74, 6) is -1.08. The zero-order valence-electron chi connectivity index (χ0n) is 14.1. The summed E-state index contributed by atoms with van der Waals surface area (Å²) in [6, 6.07) is 2.97. The average molecular weight is 336 g/mol. The number of nitro groups is 1. The molecule has 0 unspecified atom stereocenters. The Morgan fingerprint density at radius 2 is 1.71 bits per heavy atom. The maximum absolute atomic E-state index is 12.2. The zero-order chi connectivity index (χ0) is 18.1. The third-order valence-corrected chi connectivity index (χ3v) is 3.84. The van der Waals surface area contributed by atoms with Crippen molar-refractivity contribution in [3.05, 3.63) is 38.9 Å². The monoisotopic (exact) mass is 336 g/mol. The van der Waals surface area contributed by atoms with Crippen LogP contribution in [0.2, 0.25) is 0 Å². The largest absolute Gasteiger partial charge is 0.481 e. The molecule has 1 rings (SSSR count). The van der Waals surface area contributed by atoms with Crippen molar-refractivity contribution >= 4 is 17.6 Å². The number of nitrogens with one attached hydrogen (secondary N) is 1. The lowest BCUT2D eigenvalue weighted by atomic mass is 10.0. The molecule has 132 valence electrons. The van der Waals surface area contributed by atoms with Crippen LogP contribution in [0.25, 0.3) is 0 Å². The highest BCUT2D eigenvalue weighted by Crippen LogP contribution is 2.22. The van der Waals surface area contributed by atoms with Crippen LogP contribution in [0.15, 0.2) is 12.1 Å². The van der Waals surface area contributed by atoms with Gasteiger partial charge in [-0.3, -0.25) is 19.7 Å². The SMILES string of the molecule is Cc1cc(C)c([N+](=O)[O-])cc1C(=O)NCCCCCCCC(=O)O. The van der Waals surface area contributed by atoms with E-state index in [1.165, 1.54) is 6.07 Å². The Morgan fingerprint density at radius 1 is 1.08 bits per heavy atom. The van der Waals surface area contributed by atoms with Crippen LogP contribution in [0, 0.1) is 24.0 Å². The van der Waals surface area contributed by atoms with E-state index in [-0.39, 0.29) is 18.0 Å². The maximum atomic E-state index is 12.2. The molecule has 1 aromatic carbocycles. The summed E-state index contributed by atoms with van der Waals surface area (Å²) in [4.78, 5) is 33.0. The van der Waals surface area contributed by atoms with Gasteiger partial charge in [0.15, 0.2) is 0 Å². The van der Waals surface area contributed by atoms with Gasteiger partial charge in [-0.1, -0.05) is 19.3 Å². The summed E-state index contributed by atoms with van der Waals surface area (Å²) in [6.07, 6.45) is 4.37. The summed E-state index contributed by atoms with van der Waals surface area (Å²) in [5, 5.41) is 22.3. The molecular weight excluding hydrogens is 312 g/mol. The third kappa shape index (κ3) is 6.36. The summed E-state index contributed by atoms with van der Waals surface area (Å²) in [5.41, 5.74) is 1.53. The number of carbonyl (C=O) groups excluding carboxylic acids is 1. The van der Waals surface area contributed by atoms with Crippen molar-refractivity contribution in [2.45, 2.75) is 52.4 Å². The van der Waals surface area contributed by atoms with Crippen LogP contribution >= 0.6 is 0 Å². The summed E-state index contributed by atoms with van der Waals surface area (Å²) >= 11 is 0. The topological polar surface area (TPSA) is 110 Å². The Labute approximate surface area is 141 Å². The fraction of sp³-hybridized carbons (Fsp3) is 0.529. The number of hydrogen-bond donors (Lipinski definition) is 2. The molecule has 24 heavy (non-hydrogen) atoms. The number of amides is 1. The fourth-order valence-corrected chi connectivity index (χ4v) is 2.51. The van der Waals surface area contributed by atoms with E-state index in [0.717, 1.165) is 25.7 Å². The van der Waals surface area contributed by atoms with Crippen molar-refractivity contribution in [1.82, 2.24) is 5.32 Å². The number of unbranched alkanes of at least 4 members (excludes halogenated alkanes) is 4. The molecule has 0 spiro atoms. The molecule has 0 radical (unpaired) electrons. The number of benzene rings is 1. The highest BCUT2D eigenvalue weighted by Gasteiger charge is 2.17. The molecule has 0 atom stereocenters. The van der Waals surface area contributed by atoms with E-state index in [2.05, 4.69) is 5.32 Å². The number of nitrogens with zero attached hydrogens (tertiary/aromatic N) is 1. The van der Waals surface area contributed by atoms with Crippen LogP contribution in [0.5, 0.6) is 0 Å². The van der Waals surface area contributed by atoms with Gasteiger partial charge in [0, 0.05) is 30.2 Å². The van der Waals surface area contributed by atoms with Crippen LogP contribution in [-0.4, -0.2) is 28.5 Å². The van der Waals surface area contributed by atoms with E-state index in [0.29, 0.717) is 29.7 Å². The van der Waals surface area contributed by atoms with E-state index in [1.807, 2.05) is 0 Å². The molecule has 0 aromatic heterocycles. The normalized spacial score (nSPS) is 10.4. The lowest BCUT2D eigenvalue weighted by Crippen LogP contribution is -2.25. The molecule has 0 aliphatic heterocycles. The van der Waals surface area contributed by atoms with Gasteiger partial charge in [0.25, 0.3) is 11.6 Å². The summed E-state index contributed by atoms with van der Waals surface area (Å²) in [6.45, 7) is 3.91. The van der Waals surface area contributed by atoms with Crippen molar-refractivity contribution in [3.63, 3.8) is 0 Å². The summed E-state index contributed by atoms with van der Waals surface area (Å²) in [7, 11) is 0. The van der Waals surface area contributed by atoms with Crippen molar-refractivity contribution < 1.29 is 19.6 Å². The summed E-state index contributed by atoms with van der Waals surface area (Å²) < 4.78 is 0. The Morgan fingerprint density at radius 3 is 2.33 bits per heavy atom. The Balaban J connectivity index is 2.39. The van der Waals surface area contributed by atoms with Crippen molar-refractivity contribution in [3.8, 4) is 0 Å². The molecule has 7 heteroatoms. The predicted molar refractivity (Wildman–Crippen MR) is 90.2 cm³/mol. The minimum absolute atomic E-state index is 0.0517. The standard InChI is InChI=1S/C17H24N2O5/c1-12-10-13(2)15(19(23)24)11-14(12)17(22)18-9-7-5-3-4-6-8-16(20)21/h10-11H,3-9H2,1-2H3,(H,18,22)(H,20,21). The number of carboxylic acids is 1. The second-order valence-corrected chi connectivity index (χ2v) is 5.88. The van der Waals surface area contributed by atoms with E-state index >= 15 is 0 Å². The van der Waals surface area contributed by atoms with Crippen LogP contribution in [-0.2, 0) is 4.79 Å². The van der Waals surface area contributed by atoms with E-state index in [9.17, 15) is 19.7 Å². The molecule has 7 nitrogen and oxygen atoms in total. The van der Waals surface area contributed by atoms with Crippen LogP contribution < -0.4 is 5.32 Å². The number of rotatable bonds is 10. The Bertz CT molecular complexity index is 613. The molecule has 0 aliphatic carbocycles. The van der Waals surface area contributed by atoms with Gasteiger partial charge < -0.3 is 10.4 Å². The molecule has 0 bridgehead atoms. The number of carboxylic acid groups (broad SMARTS) is 1. The quantitative estimate of drug-likeness (QED) is 0.387. The average Bonchev–Trinajstić information content (AvgIpc) is 2.49. The van der Waals surface area contributed by atoms with E-state index in [1.54, 1.807) is 19.9 Å². The highest BCUT2D eigenvalue weighted by atomic mass is 16.6. The minimum Gasteiger partial charge on any atom is -0.481 e. The Hall–Kier alpha value is -2.44. The molecule has 0 aliphatic rings. The second kappa shape index (κ2) is 9.64. The number of aryl methyl sites for hydroxylation is 2. The van der Waals surface area contributed by atoms with E-state index < -0.39 is 10.9 Å². The van der Waals surface area contributed by atoms with Crippen LogP contribution in [0.4, 0.5) is 5.69 Å². The molecule has 0 heterocycles. The van der Waals surface area contributed by atoms with Crippen molar-refractivity contribution in [1.29, 1.82) is 0 Å². The van der Waals surface area contributed by atoms with Gasteiger partial charge in [-0.2, -0.15) is 0 Å². The molecule has 0 saturated carbocycles. The van der Waals surface area contributed by atoms with E-state index in [4.69, 9.17) is 5.11 Å². The second-order valence-electron chi connectivity index (χ2n) is 5.88. The number of hydrogen-bond acceptors (Lipinski definition) is 4. The van der Waals surface area contributed by atoms with Gasteiger partial charge in [-0.25, -0.2) is 0 Å². The Kier molecular flexibility index (Phi) is 7.88. The highest BCUT2D eigenvalue weighted by molar-refractivity contribution is 5.96. The fourth-order valence-electron chi connectivity index (χ4n) is 2.51. The van der Waals surface area contributed by atoms with Gasteiger partial charge in [-0.15, -0.1) is 0 Å². The zero-order valence-corrected chi connectivity index (χ0v) is 14.1. The minimum atomic E-state index is -0.773. The van der Waals surface area contributed by atoms with Gasteiger partial charge in [-0.05, 0) is 38.3 Å². The van der Waals surface area contributed by atoms with Gasteiger partial charge in [0.2, 0.25) is 0 Å². The molecule has 0 fully saturated rings.